The van der Waals surface area contributed by atoms with Gasteiger partial charge in [-0.1, -0.05) is 0 Å². The minimum absolute atomic E-state index is 0.280. The molecule has 84 valence electrons. The van der Waals surface area contributed by atoms with Crippen molar-refractivity contribution in [3.05, 3.63) is 12.0 Å². The maximum Gasteiger partial charge on any atom is 0.162 e. The molecule has 2 aliphatic rings. The molecule has 1 fully saturated rings. The van der Waals surface area contributed by atoms with Gasteiger partial charge in [0.25, 0.3) is 0 Å². The van der Waals surface area contributed by atoms with Gasteiger partial charge < -0.3 is 15.4 Å². The van der Waals surface area contributed by atoms with E-state index in [2.05, 4.69) is 20.6 Å². The molecule has 0 bridgehead atoms. The molecule has 6 nitrogen and oxygen atoms in total. The van der Waals surface area contributed by atoms with E-state index in [-0.39, 0.29) is 12.1 Å². The number of nitrogens with zero attached hydrogens (tertiary/aromatic N) is 2. The Morgan fingerprint density at radius 1 is 1.50 bits per heavy atom. The molecule has 1 aromatic heterocycles. The Kier molecular flexibility index (Phi) is 2.21. The van der Waals surface area contributed by atoms with Crippen molar-refractivity contribution in [1.82, 2.24) is 9.97 Å². The molecular formula is C10H12N4O2. The number of hydrogen-bond acceptors (Lipinski definition) is 6. The van der Waals surface area contributed by atoms with Crippen LogP contribution < -0.4 is 10.6 Å². The predicted octanol–water partition coefficient (Wildman–Crippen LogP) is 0.343. The van der Waals surface area contributed by atoms with Gasteiger partial charge in [-0.2, -0.15) is 0 Å². The second-order valence-electron chi connectivity index (χ2n) is 3.95. The fourth-order valence-corrected chi connectivity index (χ4v) is 1.96. The van der Waals surface area contributed by atoms with Crippen molar-refractivity contribution < 1.29 is 9.53 Å². The number of carbonyl (C=O) groups is 1. The van der Waals surface area contributed by atoms with Gasteiger partial charge in [0.2, 0.25) is 0 Å². The largest absolute Gasteiger partial charge is 0.381 e. The highest BCUT2D eigenvalue weighted by molar-refractivity contribution is 5.79. The molecule has 0 aromatic carbocycles. The fraction of sp³-hybridized carbons (Fsp3) is 0.500. The van der Waals surface area contributed by atoms with Crippen molar-refractivity contribution in [2.75, 3.05) is 23.8 Å². The Bertz CT molecular complexity index is 417. The van der Waals surface area contributed by atoms with E-state index < -0.39 is 0 Å². The summed E-state index contributed by atoms with van der Waals surface area (Å²) in [7, 11) is 0. The number of carbonyl (C=O) groups excluding carboxylic acids is 1. The zero-order valence-corrected chi connectivity index (χ0v) is 8.64. The molecule has 0 saturated carbocycles. The smallest absolute Gasteiger partial charge is 0.162 e. The van der Waals surface area contributed by atoms with Crippen LogP contribution in [0.4, 0.5) is 11.5 Å². The van der Waals surface area contributed by atoms with Crippen LogP contribution in [0.2, 0.25) is 0 Å². The Morgan fingerprint density at radius 3 is 3.19 bits per heavy atom. The van der Waals surface area contributed by atoms with Crippen molar-refractivity contribution in [2.45, 2.75) is 18.5 Å². The van der Waals surface area contributed by atoms with Gasteiger partial charge in [-0.25, -0.2) is 9.97 Å². The van der Waals surface area contributed by atoms with Gasteiger partial charge in [-0.05, 0) is 6.42 Å². The van der Waals surface area contributed by atoms with Gasteiger partial charge in [0.05, 0.1) is 18.5 Å². The number of aromatic nitrogens is 2. The van der Waals surface area contributed by atoms with E-state index in [0.29, 0.717) is 12.4 Å². The van der Waals surface area contributed by atoms with Crippen LogP contribution in [0.5, 0.6) is 0 Å². The number of hydrogen-bond donors (Lipinski definition) is 2. The molecule has 1 saturated heterocycles. The summed E-state index contributed by atoms with van der Waals surface area (Å²) in [6, 6.07) is 0. The molecule has 1 aromatic rings. The van der Waals surface area contributed by atoms with Crippen LogP contribution in [0, 0.1) is 0 Å². The van der Waals surface area contributed by atoms with Crippen molar-refractivity contribution in [3.8, 4) is 0 Å². The number of nitrogens with one attached hydrogen (secondary N) is 2. The Balaban J connectivity index is 1.86. The van der Waals surface area contributed by atoms with E-state index in [9.17, 15) is 4.79 Å². The molecular weight excluding hydrogens is 208 g/mol. The molecule has 3 rings (SSSR count). The van der Waals surface area contributed by atoms with E-state index in [1.54, 1.807) is 6.20 Å². The van der Waals surface area contributed by atoms with Crippen LogP contribution in [0.3, 0.4) is 0 Å². The van der Waals surface area contributed by atoms with Crippen LogP contribution >= 0.6 is 0 Å². The molecule has 3 heterocycles. The molecule has 0 radical (unpaired) electrons. The average molecular weight is 220 g/mol. The highest BCUT2D eigenvalue weighted by Gasteiger charge is 2.25. The molecule has 1 unspecified atom stereocenters. The summed E-state index contributed by atoms with van der Waals surface area (Å²) in [4.78, 5) is 19.3. The number of fused-ring (bicyclic) bond motifs is 1. The monoisotopic (exact) mass is 220 g/mol. The third-order valence-electron chi connectivity index (χ3n) is 2.84. The highest BCUT2D eigenvalue weighted by atomic mass is 16.5. The van der Waals surface area contributed by atoms with Gasteiger partial charge in [-0.15, -0.1) is 0 Å². The summed E-state index contributed by atoms with van der Waals surface area (Å²) < 4.78 is 5.30. The molecule has 6 heteroatoms. The van der Waals surface area contributed by atoms with E-state index in [1.807, 2.05) is 0 Å². The summed E-state index contributed by atoms with van der Waals surface area (Å²) in [5, 5.41) is 5.94. The van der Waals surface area contributed by atoms with Crippen molar-refractivity contribution in [3.63, 3.8) is 0 Å². The summed E-state index contributed by atoms with van der Waals surface area (Å²) >= 11 is 0. The molecule has 0 aliphatic carbocycles. The summed E-state index contributed by atoms with van der Waals surface area (Å²) in [5.74, 6) is 1.77. The minimum atomic E-state index is -0.389. The highest BCUT2D eigenvalue weighted by Crippen LogP contribution is 2.29. The quantitative estimate of drug-likeness (QED) is 0.700. The molecule has 0 amide bonds. The number of rotatable bonds is 2. The zero-order valence-electron chi connectivity index (χ0n) is 8.64. The first-order chi connectivity index (χ1) is 7.86. The van der Waals surface area contributed by atoms with E-state index in [1.165, 1.54) is 0 Å². The predicted molar refractivity (Wildman–Crippen MR) is 57.3 cm³/mol. The molecule has 16 heavy (non-hydrogen) atoms. The van der Waals surface area contributed by atoms with Gasteiger partial charge in [0.15, 0.2) is 18.3 Å². The first-order valence-corrected chi connectivity index (χ1v) is 5.30. The third kappa shape index (κ3) is 1.51. The van der Waals surface area contributed by atoms with E-state index in [4.69, 9.17) is 4.74 Å². The SMILES string of the molecule is O=CC1Nc2cnc([C@@H]3CCOC3)nc2N1. The van der Waals surface area contributed by atoms with Crippen LogP contribution in [0.15, 0.2) is 6.20 Å². The molecule has 2 atom stereocenters. The summed E-state index contributed by atoms with van der Waals surface area (Å²) in [6.45, 7) is 1.46. The number of anilines is 2. The normalized spacial score (nSPS) is 27.0. The van der Waals surface area contributed by atoms with Gasteiger partial charge >= 0.3 is 0 Å². The number of ether oxygens (including phenoxy) is 1. The molecule has 2 N–H and O–H groups in total. The van der Waals surface area contributed by atoms with Crippen LogP contribution in [0.25, 0.3) is 0 Å². The van der Waals surface area contributed by atoms with Gasteiger partial charge in [-0.3, -0.25) is 4.79 Å². The van der Waals surface area contributed by atoms with Crippen LogP contribution in [0.1, 0.15) is 18.2 Å². The number of aldehydes is 1. The minimum Gasteiger partial charge on any atom is -0.381 e. The lowest BCUT2D eigenvalue weighted by Crippen LogP contribution is -2.23. The van der Waals surface area contributed by atoms with Gasteiger partial charge in [0.1, 0.15) is 5.82 Å². The molecule has 0 spiro atoms. The Labute approximate surface area is 92.4 Å². The zero-order chi connectivity index (χ0) is 11.0. The van der Waals surface area contributed by atoms with Crippen molar-refractivity contribution >= 4 is 17.8 Å². The average Bonchev–Trinajstić information content (AvgIpc) is 2.96. The van der Waals surface area contributed by atoms with E-state index in [0.717, 1.165) is 30.8 Å². The third-order valence-corrected chi connectivity index (χ3v) is 2.84. The second kappa shape index (κ2) is 3.71. The second-order valence-corrected chi connectivity index (χ2v) is 3.95. The lowest BCUT2D eigenvalue weighted by molar-refractivity contribution is -0.107. The lowest BCUT2D eigenvalue weighted by atomic mass is 10.1. The van der Waals surface area contributed by atoms with Crippen LogP contribution in [-0.2, 0) is 9.53 Å². The van der Waals surface area contributed by atoms with Crippen molar-refractivity contribution in [1.29, 1.82) is 0 Å². The van der Waals surface area contributed by atoms with Crippen molar-refractivity contribution in [2.24, 2.45) is 0 Å². The summed E-state index contributed by atoms with van der Waals surface area (Å²) in [5.41, 5.74) is 0.778. The first kappa shape index (κ1) is 9.53. The standard InChI is InChI=1S/C10H12N4O2/c15-4-8-12-7-3-11-9(14-10(7)13-8)6-1-2-16-5-6/h3-4,6,8,12H,1-2,5H2,(H,11,13,14)/t6-,8?/m1/s1. The van der Waals surface area contributed by atoms with E-state index >= 15 is 0 Å². The van der Waals surface area contributed by atoms with Gasteiger partial charge in [0, 0.05) is 12.5 Å². The first-order valence-electron chi connectivity index (χ1n) is 5.30. The maximum absolute atomic E-state index is 10.6. The molecule has 2 aliphatic heterocycles. The maximum atomic E-state index is 10.6. The lowest BCUT2D eigenvalue weighted by Gasteiger charge is -2.06. The summed E-state index contributed by atoms with van der Waals surface area (Å²) in [6.07, 6.45) is 3.09. The van der Waals surface area contributed by atoms with Crippen LogP contribution in [-0.4, -0.2) is 35.6 Å². The Morgan fingerprint density at radius 2 is 2.44 bits per heavy atom. The Hall–Kier alpha value is -1.69. The fourth-order valence-electron chi connectivity index (χ4n) is 1.96. The topological polar surface area (TPSA) is 76.1 Å².